The number of nitrogens with zero attached hydrogens (tertiary/aromatic N) is 3. The highest BCUT2D eigenvalue weighted by atomic mass is 15.1. The highest BCUT2D eigenvalue weighted by Crippen LogP contribution is 2.31. The molecule has 0 aromatic carbocycles. The Morgan fingerprint density at radius 1 is 1.23 bits per heavy atom. The third kappa shape index (κ3) is 3.98. The van der Waals surface area contributed by atoms with Gasteiger partial charge < -0.3 is 10.2 Å². The lowest BCUT2D eigenvalue weighted by molar-refractivity contribution is 0.405. The van der Waals surface area contributed by atoms with Crippen LogP contribution < -0.4 is 5.32 Å². The van der Waals surface area contributed by atoms with Crippen molar-refractivity contribution in [3.63, 3.8) is 0 Å². The molecule has 0 saturated carbocycles. The van der Waals surface area contributed by atoms with Crippen LogP contribution in [0.2, 0.25) is 0 Å². The highest BCUT2D eigenvalue weighted by Gasteiger charge is 2.21. The zero-order valence-corrected chi connectivity index (χ0v) is 14.2. The first kappa shape index (κ1) is 16.8. The van der Waals surface area contributed by atoms with Crippen LogP contribution in [0.15, 0.2) is 0 Å². The number of nitriles is 1. The molecule has 0 atom stereocenters. The molecule has 0 spiro atoms. The number of anilines is 1. The molecule has 0 bridgehead atoms. The average molecular weight is 300 g/mol. The molecule has 0 fully saturated rings. The molecule has 0 unspecified atom stereocenters. The smallest absolute Gasteiger partial charge is 0.144 e. The van der Waals surface area contributed by atoms with Gasteiger partial charge in [0.25, 0.3) is 0 Å². The van der Waals surface area contributed by atoms with Gasteiger partial charge in [-0.2, -0.15) is 5.26 Å². The van der Waals surface area contributed by atoms with Gasteiger partial charge in [0.15, 0.2) is 0 Å². The van der Waals surface area contributed by atoms with Crippen LogP contribution in [0.25, 0.3) is 0 Å². The van der Waals surface area contributed by atoms with Crippen LogP contribution in [0.5, 0.6) is 0 Å². The second-order valence-corrected chi connectivity index (χ2v) is 6.39. The molecular weight excluding hydrogens is 272 g/mol. The van der Waals surface area contributed by atoms with Crippen molar-refractivity contribution in [2.24, 2.45) is 0 Å². The van der Waals surface area contributed by atoms with Crippen molar-refractivity contribution in [1.29, 1.82) is 5.26 Å². The maximum atomic E-state index is 9.60. The lowest BCUT2D eigenvalue weighted by Crippen LogP contribution is -2.18. The molecule has 1 aliphatic rings. The number of fused-ring (bicyclic) bond motifs is 1. The molecular formula is C18H28N4. The molecule has 4 nitrogen and oxygen atoms in total. The first-order chi connectivity index (χ1) is 10.7. The van der Waals surface area contributed by atoms with E-state index in [-0.39, 0.29) is 0 Å². The van der Waals surface area contributed by atoms with Gasteiger partial charge in [-0.05, 0) is 70.3 Å². The van der Waals surface area contributed by atoms with Crippen LogP contribution >= 0.6 is 0 Å². The highest BCUT2D eigenvalue weighted by molar-refractivity contribution is 5.60. The molecule has 1 heterocycles. The summed E-state index contributed by atoms with van der Waals surface area (Å²) in [6.45, 7) is 4.10. The van der Waals surface area contributed by atoms with Crippen molar-refractivity contribution in [3.05, 3.63) is 22.4 Å². The first-order valence-electron chi connectivity index (χ1n) is 8.50. The van der Waals surface area contributed by atoms with Crippen LogP contribution in [0.1, 0.15) is 55.0 Å². The van der Waals surface area contributed by atoms with E-state index in [9.17, 15) is 5.26 Å². The van der Waals surface area contributed by atoms with Gasteiger partial charge in [0.05, 0.1) is 5.56 Å². The normalized spacial score (nSPS) is 13.8. The zero-order chi connectivity index (χ0) is 15.9. The maximum absolute atomic E-state index is 9.60. The van der Waals surface area contributed by atoms with Gasteiger partial charge in [0.1, 0.15) is 11.9 Å². The number of rotatable bonds is 7. The van der Waals surface area contributed by atoms with E-state index < -0.39 is 0 Å². The van der Waals surface area contributed by atoms with E-state index >= 15 is 0 Å². The quantitative estimate of drug-likeness (QED) is 0.786. The summed E-state index contributed by atoms with van der Waals surface area (Å²) in [7, 11) is 4.16. The summed E-state index contributed by atoms with van der Waals surface area (Å²) >= 11 is 0. The van der Waals surface area contributed by atoms with Gasteiger partial charge >= 0.3 is 0 Å². The summed E-state index contributed by atoms with van der Waals surface area (Å²) in [5, 5.41) is 13.0. The SMILES string of the molecule is CCCc1nc(NCCCN(C)C)c(C#N)c2c1CCCC2. The fraction of sp³-hybridized carbons (Fsp3) is 0.667. The number of aryl methyl sites for hydroxylation is 1. The van der Waals surface area contributed by atoms with Crippen molar-refractivity contribution in [2.45, 2.75) is 51.9 Å². The summed E-state index contributed by atoms with van der Waals surface area (Å²) in [6.07, 6.45) is 7.71. The minimum Gasteiger partial charge on any atom is -0.369 e. The van der Waals surface area contributed by atoms with E-state index in [4.69, 9.17) is 4.98 Å². The number of hydrogen-bond acceptors (Lipinski definition) is 4. The minimum absolute atomic E-state index is 0.791. The lowest BCUT2D eigenvalue weighted by Gasteiger charge is -2.22. The Bertz CT molecular complexity index is 543. The standard InChI is InChI=1S/C18H28N4/c1-4-8-17-15-10-6-5-9-14(15)16(13-19)18(21-17)20-11-7-12-22(2)3/h4-12H2,1-3H3,(H,20,21). The van der Waals surface area contributed by atoms with Crippen molar-refractivity contribution >= 4 is 5.82 Å². The molecule has 2 rings (SSSR count). The Balaban J connectivity index is 2.24. The Labute approximate surface area is 134 Å². The number of pyridine rings is 1. The van der Waals surface area contributed by atoms with Crippen molar-refractivity contribution in [3.8, 4) is 6.07 Å². The first-order valence-corrected chi connectivity index (χ1v) is 8.50. The van der Waals surface area contributed by atoms with Gasteiger partial charge in [-0.25, -0.2) is 4.98 Å². The summed E-state index contributed by atoms with van der Waals surface area (Å²) in [4.78, 5) is 6.99. The van der Waals surface area contributed by atoms with Gasteiger partial charge in [-0.3, -0.25) is 0 Å². The topological polar surface area (TPSA) is 52.0 Å². The molecule has 0 amide bonds. The summed E-state index contributed by atoms with van der Waals surface area (Å²) in [5.74, 6) is 0.811. The molecule has 1 N–H and O–H groups in total. The summed E-state index contributed by atoms with van der Waals surface area (Å²) in [6, 6.07) is 2.41. The van der Waals surface area contributed by atoms with Crippen LogP contribution in [0, 0.1) is 11.3 Å². The fourth-order valence-corrected chi connectivity index (χ4v) is 3.19. The van der Waals surface area contributed by atoms with E-state index in [1.807, 2.05) is 0 Å². The molecule has 120 valence electrons. The predicted octanol–water partition coefficient (Wildman–Crippen LogP) is 3.15. The van der Waals surface area contributed by atoms with Gasteiger partial charge in [0.2, 0.25) is 0 Å². The molecule has 0 aliphatic heterocycles. The third-order valence-electron chi connectivity index (χ3n) is 4.27. The monoisotopic (exact) mass is 300 g/mol. The van der Waals surface area contributed by atoms with E-state index in [1.54, 1.807) is 0 Å². The van der Waals surface area contributed by atoms with E-state index in [1.165, 1.54) is 29.7 Å². The predicted molar refractivity (Wildman–Crippen MR) is 91.2 cm³/mol. The van der Waals surface area contributed by atoms with Gasteiger partial charge in [0, 0.05) is 12.2 Å². The van der Waals surface area contributed by atoms with E-state index in [0.29, 0.717) is 0 Å². The second-order valence-electron chi connectivity index (χ2n) is 6.39. The van der Waals surface area contributed by atoms with Crippen molar-refractivity contribution in [1.82, 2.24) is 9.88 Å². The maximum Gasteiger partial charge on any atom is 0.144 e. The molecule has 1 aromatic heterocycles. The summed E-state index contributed by atoms with van der Waals surface area (Å²) < 4.78 is 0. The van der Waals surface area contributed by atoms with E-state index in [0.717, 1.165) is 56.6 Å². The molecule has 0 radical (unpaired) electrons. The van der Waals surface area contributed by atoms with Crippen LogP contribution in [-0.4, -0.2) is 37.1 Å². The molecule has 0 saturated heterocycles. The van der Waals surface area contributed by atoms with Gasteiger partial charge in [-0.15, -0.1) is 0 Å². The Morgan fingerprint density at radius 2 is 1.95 bits per heavy atom. The number of hydrogen-bond donors (Lipinski definition) is 1. The minimum atomic E-state index is 0.791. The largest absolute Gasteiger partial charge is 0.369 e. The van der Waals surface area contributed by atoms with E-state index in [2.05, 4.69) is 37.3 Å². The summed E-state index contributed by atoms with van der Waals surface area (Å²) in [5.41, 5.74) is 4.64. The van der Waals surface area contributed by atoms with Gasteiger partial charge in [-0.1, -0.05) is 13.3 Å². The van der Waals surface area contributed by atoms with Crippen LogP contribution in [-0.2, 0) is 19.3 Å². The Kier molecular flexibility index (Phi) is 6.21. The number of aromatic nitrogens is 1. The molecule has 1 aliphatic carbocycles. The molecule has 22 heavy (non-hydrogen) atoms. The second kappa shape index (κ2) is 8.14. The zero-order valence-electron chi connectivity index (χ0n) is 14.2. The number of nitrogens with one attached hydrogen (secondary N) is 1. The van der Waals surface area contributed by atoms with Crippen molar-refractivity contribution in [2.75, 3.05) is 32.5 Å². The molecule has 4 heteroatoms. The van der Waals surface area contributed by atoms with Crippen molar-refractivity contribution < 1.29 is 0 Å². The Hall–Kier alpha value is -1.60. The average Bonchev–Trinajstić information content (AvgIpc) is 2.52. The fourth-order valence-electron chi connectivity index (χ4n) is 3.19. The third-order valence-corrected chi connectivity index (χ3v) is 4.27. The van der Waals surface area contributed by atoms with Crippen LogP contribution in [0.3, 0.4) is 0 Å². The van der Waals surface area contributed by atoms with Crippen LogP contribution in [0.4, 0.5) is 5.82 Å². The Morgan fingerprint density at radius 3 is 2.59 bits per heavy atom. The lowest BCUT2D eigenvalue weighted by atomic mass is 9.87. The molecule has 1 aromatic rings.